The van der Waals surface area contributed by atoms with E-state index in [-0.39, 0.29) is 5.56 Å². The molecule has 1 aromatic heterocycles. The second-order valence-corrected chi connectivity index (χ2v) is 5.35. The first-order valence-electron chi connectivity index (χ1n) is 7.10. The summed E-state index contributed by atoms with van der Waals surface area (Å²) in [7, 11) is 1.72. The molecule has 122 valence electrons. The second-order valence-electron chi connectivity index (χ2n) is 5.35. The van der Waals surface area contributed by atoms with Gasteiger partial charge in [-0.3, -0.25) is 9.48 Å². The molecule has 1 aromatic carbocycles. The van der Waals surface area contributed by atoms with Crippen LogP contribution in [0.15, 0.2) is 24.3 Å². The summed E-state index contributed by atoms with van der Waals surface area (Å²) in [6.45, 7) is 1.43. The van der Waals surface area contributed by atoms with E-state index in [1.807, 2.05) is 0 Å². The fourth-order valence-electron chi connectivity index (χ4n) is 2.58. The third kappa shape index (κ3) is 3.07. The molecule has 8 heteroatoms. The van der Waals surface area contributed by atoms with Crippen molar-refractivity contribution in [3.63, 3.8) is 0 Å². The van der Waals surface area contributed by atoms with Crippen LogP contribution in [0.4, 0.5) is 19.0 Å². The number of benzene rings is 1. The number of fused-ring (bicyclic) bond motifs is 1. The van der Waals surface area contributed by atoms with Crippen LogP contribution >= 0.6 is 0 Å². The first kappa shape index (κ1) is 15.5. The molecule has 2 N–H and O–H groups in total. The molecule has 2 aromatic rings. The molecule has 0 bridgehead atoms. The normalized spacial score (nSPS) is 14.4. The average Bonchev–Trinajstić information content (AvgIpc) is 2.82. The first-order chi connectivity index (χ1) is 10.9. The number of carbonyl (C=O) groups excluding carboxylic acids is 1. The maximum absolute atomic E-state index is 12.5. The number of aryl methyl sites for hydroxylation is 1. The van der Waals surface area contributed by atoms with Crippen molar-refractivity contribution in [2.24, 2.45) is 7.05 Å². The predicted molar refractivity (Wildman–Crippen MR) is 78.0 cm³/mol. The fraction of sp³-hybridized carbons (Fsp3) is 0.333. The number of hydrogen-bond acceptors (Lipinski definition) is 3. The van der Waals surface area contributed by atoms with E-state index in [1.165, 1.54) is 12.1 Å². The molecule has 2 heterocycles. The van der Waals surface area contributed by atoms with E-state index < -0.39 is 17.6 Å². The molecule has 0 radical (unpaired) electrons. The van der Waals surface area contributed by atoms with E-state index in [2.05, 4.69) is 15.7 Å². The largest absolute Gasteiger partial charge is 0.416 e. The van der Waals surface area contributed by atoms with Gasteiger partial charge in [0, 0.05) is 37.7 Å². The number of nitrogens with one attached hydrogen (secondary N) is 2. The zero-order valence-corrected chi connectivity index (χ0v) is 12.4. The van der Waals surface area contributed by atoms with Crippen molar-refractivity contribution in [1.82, 2.24) is 15.1 Å². The molecule has 0 fully saturated rings. The van der Waals surface area contributed by atoms with Crippen molar-refractivity contribution < 1.29 is 18.0 Å². The van der Waals surface area contributed by atoms with Gasteiger partial charge in [-0.15, -0.1) is 0 Å². The molecular formula is C15H15F3N4O. The van der Waals surface area contributed by atoms with Gasteiger partial charge in [-0.25, -0.2) is 0 Å². The van der Waals surface area contributed by atoms with Gasteiger partial charge >= 0.3 is 6.18 Å². The number of carbonyl (C=O) groups is 1. The number of rotatable bonds is 2. The van der Waals surface area contributed by atoms with Gasteiger partial charge in [0.05, 0.1) is 11.3 Å². The van der Waals surface area contributed by atoms with E-state index in [9.17, 15) is 18.0 Å². The molecule has 1 aliphatic heterocycles. The molecule has 0 atom stereocenters. The van der Waals surface area contributed by atoms with E-state index in [4.69, 9.17) is 0 Å². The zero-order valence-electron chi connectivity index (χ0n) is 12.4. The van der Waals surface area contributed by atoms with Crippen LogP contribution in [-0.2, 0) is 26.2 Å². The van der Waals surface area contributed by atoms with Gasteiger partial charge in [0.2, 0.25) is 0 Å². The topological polar surface area (TPSA) is 59.0 Å². The number of aromatic nitrogens is 2. The second kappa shape index (κ2) is 5.69. The number of alkyl halides is 3. The Morgan fingerprint density at radius 1 is 1.30 bits per heavy atom. The minimum absolute atomic E-state index is 0.164. The summed E-state index contributed by atoms with van der Waals surface area (Å²) in [6.07, 6.45) is -3.64. The molecule has 0 spiro atoms. The van der Waals surface area contributed by atoms with E-state index >= 15 is 0 Å². The van der Waals surface area contributed by atoms with Crippen LogP contribution in [-0.4, -0.2) is 22.2 Å². The van der Waals surface area contributed by atoms with Crippen LogP contribution < -0.4 is 10.6 Å². The van der Waals surface area contributed by atoms with Crippen molar-refractivity contribution in [2.45, 2.75) is 19.1 Å². The Kier molecular flexibility index (Phi) is 3.85. The highest BCUT2D eigenvalue weighted by Crippen LogP contribution is 2.29. The molecule has 1 amide bonds. The smallest absolute Gasteiger partial charge is 0.312 e. The van der Waals surface area contributed by atoms with Gasteiger partial charge in [-0.05, 0) is 24.3 Å². The van der Waals surface area contributed by atoms with Crippen molar-refractivity contribution in [3.8, 4) is 0 Å². The summed E-state index contributed by atoms with van der Waals surface area (Å²) < 4.78 is 39.2. The molecule has 0 unspecified atom stereocenters. The minimum Gasteiger partial charge on any atom is -0.312 e. The number of nitrogens with zero attached hydrogens (tertiary/aromatic N) is 2. The first-order valence-corrected chi connectivity index (χ1v) is 7.10. The van der Waals surface area contributed by atoms with Crippen molar-refractivity contribution in [1.29, 1.82) is 0 Å². The van der Waals surface area contributed by atoms with Gasteiger partial charge in [0.15, 0.2) is 0 Å². The van der Waals surface area contributed by atoms with Crippen LogP contribution in [0.1, 0.15) is 27.2 Å². The van der Waals surface area contributed by atoms with Gasteiger partial charge < -0.3 is 10.6 Å². The quantitative estimate of drug-likeness (QED) is 0.891. The third-order valence-corrected chi connectivity index (χ3v) is 3.78. The lowest BCUT2D eigenvalue weighted by Crippen LogP contribution is -2.24. The summed E-state index contributed by atoms with van der Waals surface area (Å²) in [5.41, 5.74) is 1.22. The SMILES string of the molecule is Cn1nc2c(c1NC(=O)c1ccc(C(F)(F)F)cc1)CNCC2. The summed E-state index contributed by atoms with van der Waals surface area (Å²) in [5, 5.41) is 10.3. The van der Waals surface area contributed by atoms with Crippen molar-refractivity contribution in [2.75, 3.05) is 11.9 Å². The Hall–Kier alpha value is -2.35. The summed E-state index contributed by atoms with van der Waals surface area (Å²) in [5.74, 6) is 0.104. The lowest BCUT2D eigenvalue weighted by molar-refractivity contribution is -0.137. The van der Waals surface area contributed by atoms with Crippen LogP contribution in [0.25, 0.3) is 0 Å². The summed E-state index contributed by atoms with van der Waals surface area (Å²) in [4.78, 5) is 12.3. The van der Waals surface area contributed by atoms with Crippen molar-refractivity contribution >= 4 is 11.7 Å². The average molecular weight is 324 g/mol. The summed E-state index contributed by atoms with van der Waals surface area (Å²) >= 11 is 0. The standard InChI is InChI=1S/C15H15F3N4O/c1-22-13(11-8-19-7-6-12(11)21-22)20-14(23)9-2-4-10(5-3-9)15(16,17)18/h2-5,19H,6-8H2,1H3,(H,20,23). The Morgan fingerprint density at radius 3 is 2.65 bits per heavy atom. The number of anilines is 1. The van der Waals surface area contributed by atoms with Crippen LogP contribution in [0.3, 0.4) is 0 Å². The van der Waals surface area contributed by atoms with Gasteiger partial charge in [0.25, 0.3) is 5.91 Å². The molecule has 5 nitrogen and oxygen atoms in total. The Morgan fingerprint density at radius 2 is 2.00 bits per heavy atom. The lowest BCUT2D eigenvalue weighted by atomic mass is 10.1. The van der Waals surface area contributed by atoms with Gasteiger partial charge in [-0.2, -0.15) is 18.3 Å². The molecule has 0 saturated carbocycles. The molecule has 0 saturated heterocycles. The van der Waals surface area contributed by atoms with Crippen LogP contribution in [0.5, 0.6) is 0 Å². The fourth-order valence-corrected chi connectivity index (χ4v) is 2.58. The molecule has 1 aliphatic rings. The Bertz CT molecular complexity index is 734. The number of amides is 1. The molecule has 3 rings (SSSR count). The highest BCUT2D eigenvalue weighted by atomic mass is 19.4. The summed E-state index contributed by atoms with van der Waals surface area (Å²) in [6, 6.07) is 4.13. The number of halogens is 3. The zero-order chi connectivity index (χ0) is 16.6. The van der Waals surface area contributed by atoms with E-state index in [0.29, 0.717) is 12.4 Å². The lowest BCUT2D eigenvalue weighted by Gasteiger charge is -2.13. The van der Waals surface area contributed by atoms with E-state index in [1.54, 1.807) is 11.7 Å². The third-order valence-electron chi connectivity index (χ3n) is 3.78. The van der Waals surface area contributed by atoms with Crippen molar-refractivity contribution in [3.05, 3.63) is 46.6 Å². The molecular weight excluding hydrogens is 309 g/mol. The Balaban J connectivity index is 1.81. The minimum atomic E-state index is -4.41. The maximum atomic E-state index is 12.5. The highest BCUT2D eigenvalue weighted by molar-refractivity contribution is 6.04. The monoisotopic (exact) mass is 324 g/mol. The van der Waals surface area contributed by atoms with Gasteiger partial charge in [-0.1, -0.05) is 0 Å². The van der Waals surface area contributed by atoms with Crippen LogP contribution in [0.2, 0.25) is 0 Å². The predicted octanol–water partition coefficient (Wildman–Crippen LogP) is 2.34. The Labute approximate surface area is 130 Å². The highest BCUT2D eigenvalue weighted by Gasteiger charge is 2.30. The molecule has 23 heavy (non-hydrogen) atoms. The maximum Gasteiger partial charge on any atom is 0.416 e. The number of hydrogen-bond donors (Lipinski definition) is 2. The van der Waals surface area contributed by atoms with E-state index in [0.717, 1.165) is 36.4 Å². The van der Waals surface area contributed by atoms with Crippen LogP contribution in [0, 0.1) is 0 Å². The van der Waals surface area contributed by atoms with Gasteiger partial charge in [0.1, 0.15) is 5.82 Å². The molecule has 0 aliphatic carbocycles.